The van der Waals surface area contributed by atoms with Gasteiger partial charge >= 0.3 is 0 Å². The van der Waals surface area contributed by atoms with E-state index in [-0.39, 0.29) is 0 Å². The maximum atomic E-state index is 11.4. The fourth-order valence-electron chi connectivity index (χ4n) is 2.37. The number of carbonyl (C=O) groups excluding carboxylic acids is 1. The van der Waals surface area contributed by atoms with E-state index in [0.717, 1.165) is 28.2 Å². The monoisotopic (exact) mass is 300 g/mol. The zero-order valence-electron chi connectivity index (χ0n) is 10.4. The Morgan fingerprint density at radius 1 is 0.900 bits per heavy atom. The Balaban J connectivity index is 2.46. The van der Waals surface area contributed by atoms with Crippen LogP contribution in [0.4, 0.5) is 0 Å². The molecule has 0 saturated heterocycles. The number of carbonyl (C=O) groups is 1. The highest BCUT2D eigenvalue weighted by molar-refractivity contribution is 6.34. The molecule has 3 aromatic carbocycles. The van der Waals surface area contributed by atoms with Crippen LogP contribution < -0.4 is 0 Å². The highest BCUT2D eigenvalue weighted by atomic mass is 35.5. The van der Waals surface area contributed by atoms with Crippen molar-refractivity contribution in [3.63, 3.8) is 0 Å². The molecule has 0 aliphatic heterocycles. The molecule has 0 aromatic heterocycles. The minimum Gasteiger partial charge on any atom is -0.298 e. The Bertz CT molecular complexity index is 809. The lowest BCUT2D eigenvalue weighted by atomic mass is 9.94. The van der Waals surface area contributed by atoms with E-state index in [2.05, 4.69) is 0 Å². The number of benzene rings is 3. The molecular weight excluding hydrogens is 291 g/mol. The second-order valence-corrected chi connectivity index (χ2v) is 5.34. The van der Waals surface area contributed by atoms with Crippen molar-refractivity contribution in [2.24, 2.45) is 0 Å². The second kappa shape index (κ2) is 5.28. The lowest BCUT2D eigenvalue weighted by Gasteiger charge is -2.12. The van der Waals surface area contributed by atoms with Crippen molar-refractivity contribution in [1.29, 1.82) is 0 Å². The van der Waals surface area contributed by atoms with E-state index in [0.29, 0.717) is 15.6 Å². The van der Waals surface area contributed by atoms with E-state index < -0.39 is 0 Å². The molecule has 0 bridgehead atoms. The van der Waals surface area contributed by atoms with Crippen molar-refractivity contribution >= 4 is 40.3 Å². The molecule has 0 atom stereocenters. The van der Waals surface area contributed by atoms with Gasteiger partial charge in [-0.25, -0.2) is 0 Å². The van der Waals surface area contributed by atoms with Gasteiger partial charge in [-0.05, 0) is 29.0 Å². The van der Waals surface area contributed by atoms with E-state index in [1.54, 1.807) is 0 Å². The largest absolute Gasteiger partial charge is 0.298 e. The average Bonchev–Trinajstić information content (AvgIpc) is 2.47. The summed E-state index contributed by atoms with van der Waals surface area (Å²) < 4.78 is 0. The molecule has 3 heteroatoms. The quantitative estimate of drug-likeness (QED) is 0.561. The highest BCUT2D eigenvalue weighted by Gasteiger charge is 2.12. The minimum atomic E-state index is 0.605. The smallest absolute Gasteiger partial charge is 0.150 e. The van der Waals surface area contributed by atoms with Crippen LogP contribution >= 0.6 is 23.2 Å². The fourth-order valence-corrected chi connectivity index (χ4v) is 2.77. The molecule has 0 fully saturated rings. The Morgan fingerprint density at radius 2 is 1.65 bits per heavy atom. The second-order valence-electron chi connectivity index (χ2n) is 4.49. The molecule has 0 aliphatic rings. The van der Waals surface area contributed by atoms with Crippen LogP contribution in [0, 0.1) is 0 Å². The lowest BCUT2D eigenvalue weighted by Crippen LogP contribution is -1.90. The third-order valence-corrected chi connectivity index (χ3v) is 3.85. The average molecular weight is 301 g/mol. The summed E-state index contributed by atoms with van der Waals surface area (Å²) in [6.45, 7) is 0. The van der Waals surface area contributed by atoms with Crippen molar-refractivity contribution < 1.29 is 4.79 Å². The maximum Gasteiger partial charge on any atom is 0.150 e. The molecule has 0 spiro atoms. The van der Waals surface area contributed by atoms with Crippen LogP contribution in [0.3, 0.4) is 0 Å². The zero-order chi connectivity index (χ0) is 14.1. The SMILES string of the molecule is O=Cc1ccc2ccc(Cl)cc2c1-c1ccccc1Cl. The summed E-state index contributed by atoms with van der Waals surface area (Å²) in [5.41, 5.74) is 2.27. The van der Waals surface area contributed by atoms with Gasteiger partial charge in [0, 0.05) is 26.7 Å². The molecule has 0 aliphatic carbocycles. The van der Waals surface area contributed by atoms with Crippen molar-refractivity contribution in [2.75, 3.05) is 0 Å². The minimum absolute atomic E-state index is 0.605. The number of fused-ring (bicyclic) bond motifs is 1. The van der Waals surface area contributed by atoms with Crippen LogP contribution in [0.25, 0.3) is 21.9 Å². The first kappa shape index (κ1) is 13.2. The Kier molecular flexibility index (Phi) is 3.47. The van der Waals surface area contributed by atoms with Gasteiger partial charge < -0.3 is 0 Å². The van der Waals surface area contributed by atoms with Gasteiger partial charge in [0.1, 0.15) is 0 Å². The molecule has 3 rings (SSSR count). The summed E-state index contributed by atoms with van der Waals surface area (Å²) in [5.74, 6) is 0. The Morgan fingerprint density at radius 3 is 2.40 bits per heavy atom. The van der Waals surface area contributed by atoms with Crippen molar-refractivity contribution in [3.8, 4) is 11.1 Å². The topological polar surface area (TPSA) is 17.1 Å². The van der Waals surface area contributed by atoms with Crippen LogP contribution in [0.2, 0.25) is 10.0 Å². The van der Waals surface area contributed by atoms with Gasteiger partial charge in [-0.2, -0.15) is 0 Å². The molecule has 0 N–H and O–H groups in total. The van der Waals surface area contributed by atoms with E-state index in [1.165, 1.54) is 0 Å². The summed E-state index contributed by atoms with van der Waals surface area (Å²) in [7, 11) is 0. The third-order valence-electron chi connectivity index (χ3n) is 3.29. The summed E-state index contributed by atoms with van der Waals surface area (Å²) in [6.07, 6.45) is 0.846. The molecular formula is C17H10Cl2O. The number of hydrogen-bond acceptors (Lipinski definition) is 1. The number of hydrogen-bond donors (Lipinski definition) is 0. The summed E-state index contributed by atoms with van der Waals surface area (Å²) >= 11 is 12.4. The maximum absolute atomic E-state index is 11.4. The van der Waals surface area contributed by atoms with Gasteiger partial charge in [-0.1, -0.05) is 59.6 Å². The molecule has 0 amide bonds. The van der Waals surface area contributed by atoms with Crippen LogP contribution in [0.5, 0.6) is 0 Å². The van der Waals surface area contributed by atoms with E-state index in [4.69, 9.17) is 23.2 Å². The lowest BCUT2D eigenvalue weighted by molar-refractivity contribution is 0.112. The molecule has 0 unspecified atom stereocenters. The number of aldehydes is 1. The molecule has 98 valence electrons. The first-order valence-corrected chi connectivity index (χ1v) is 6.88. The molecule has 0 heterocycles. The zero-order valence-corrected chi connectivity index (χ0v) is 11.9. The third kappa shape index (κ3) is 2.20. The van der Waals surface area contributed by atoms with Crippen molar-refractivity contribution in [2.45, 2.75) is 0 Å². The van der Waals surface area contributed by atoms with Gasteiger partial charge in [0.15, 0.2) is 6.29 Å². The van der Waals surface area contributed by atoms with Crippen LogP contribution in [-0.4, -0.2) is 6.29 Å². The van der Waals surface area contributed by atoms with Gasteiger partial charge in [0.2, 0.25) is 0 Å². The number of rotatable bonds is 2. The van der Waals surface area contributed by atoms with Gasteiger partial charge in [0.25, 0.3) is 0 Å². The van der Waals surface area contributed by atoms with E-state index >= 15 is 0 Å². The van der Waals surface area contributed by atoms with Gasteiger partial charge in [-0.3, -0.25) is 4.79 Å². The normalized spacial score (nSPS) is 10.7. The Hall–Kier alpha value is -1.83. The fraction of sp³-hybridized carbons (Fsp3) is 0. The van der Waals surface area contributed by atoms with Crippen LogP contribution in [0.1, 0.15) is 10.4 Å². The highest BCUT2D eigenvalue weighted by Crippen LogP contribution is 2.36. The predicted molar refractivity (Wildman–Crippen MR) is 84.8 cm³/mol. The van der Waals surface area contributed by atoms with Crippen LogP contribution in [-0.2, 0) is 0 Å². The Labute approximate surface area is 126 Å². The first-order chi connectivity index (χ1) is 9.70. The van der Waals surface area contributed by atoms with Crippen molar-refractivity contribution in [1.82, 2.24) is 0 Å². The summed E-state index contributed by atoms with van der Waals surface area (Å²) in [5, 5.41) is 3.20. The first-order valence-electron chi connectivity index (χ1n) is 6.13. The predicted octanol–water partition coefficient (Wildman–Crippen LogP) is 5.63. The molecule has 20 heavy (non-hydrogen) atoms. The van der Waals surface area contributed by atoms with Crippen LogP contribution in [0.15, 0.2) is 54.6 Å². The van der Waals surface area contributed by atoms with Gasteiger partial charge in [0.05, 0.1) is 0 Å². The standard InChI is InChI=1S/C17H10Cl2O/c18-13-8-7-11-5-6-12(10-20)17(15(11)9-13)14-3-1-2-4-16(14)19/h1-10H. The van der Waals surface area contributed by atoms with E-state index in [1.807, 2.05) is 54.6 Å². The number of halogens is 2. The van der Waals surface area contributed by atoms with E-state index in [9.17, 15) is 4.79 Å². The molecule has 3 aromatic rings. The summed E-state index contributed by atoms with van der Waals surface area (Å²) in [4.78, 5) is 11.4. The molecule has 0 saturated carbocycles. The summed E-state index contributed by atoms with van der Waals surface area (Å²) in [6, 6.07) is 16.8. The van der Waals surface area contributed by atoms with Gasteiger partial charge in [-0.15, -0.1) is 0 Å². The molecule has 1 nitrogen and oxygen atoms in total. The molecule has 0 radical (unpaired) electrons. The van der Waals surface area contributed by atoms with Crippen molar-refractivity contribution in [3.05, 3.63) is 70.2 Å².